The van der Waals surface area contributed by atoms with E-state index in [0.29, 0.717) is 5.75 Å². The molecule has 1 unspecified atom stereocenters. The van der Waals surface area contributed by atoms with Gasteiger partial charge in [0.1, 0.15) is 11.6 Å². The van der Waals surface area contributed by atoms with Crippen LogP contribution < -0.4 is 10.1 Å². The average Bonchev–Trinajstić information content (AvgIpc) is 2.45. The lowest BCUT2D eigenvalue weighted by atomic mass is 10.2. The first-order chi connectivity index (χ1) is 9.95. The number of aryl methyl sites for hydroxylation is 2. The molecule has 1 amide bonds. The van der Waals surface area contributed by atoms with Crippen LogP contribution in [0.1, 0.15) is 18.1 Å². The van der Waals surface area contributed by atoms with E-state index in [2.05, 4.69) is 5.32 Å². The number of ether oxygens (including phenoxy) is 1. The fraction of sp³-hybridized carbons (Fsp3) is 0.235. The molecule has 0 aliphatic heterocycles. The van der Waals surface area contributed by atoms with Crippen LogP contribution in [0.3, 0.4) is 0 Å². The molecular weight excluding hydrogens is 269 g/mol. The number of halogens is 1. The first kappa shape index (κ1) is 15.0. The molecule has 0 saturated heterocycles. The Kier molecular flexibility index (Phi) is 4.58. The average molecular weight is 287 g/mol. The van der Waals surface area contributed by atoms with Gasteiger partial charge in [-0.3, -0.25) is 4.79 Å². The first-order valence-corrected chi connectivity index (χ1v) is 6.76. The van der Waals surface area contributed by atoms with Gasteiger partial charge >= 0.3 is 0 Å². The fourth-order valence-corrected chi connectivity index (χ4v) is 1.84. The zero-order chi connectivity index (χ0) is 15.4. The summed E-state index contributed by atoms with van der Waals surface area (Å²) in [5.41, 5.74) is 2.15. The highest BCUT2D eigenvalue weighted by Gasteiger charge is 2.16. The summed E-state index contributed by atoms with van der Waals surface area (Å²) in [5.74, 6) is -0.246. The van der Waals surface area contributed by atoms with E-state index in [4.69, 9.17) is 4.74 Å². The lowest BCUT2D eigenvalue weighted by molar-refractivity contribution is -0.122. The third-order valence-corrected chi connectivity index (χ3v) is 3.08. The van der Waals surface area contributed by atoms with Gasteiger partial charge in [-0.05, 0) is 50.6 Å². The van der Waals surface area contributed by atoms with Crippen LogP contribution in [0.2, 0.25) is 0 Å². The molecule has 0 bridgehead atoms. The quantitative estimate of drug-likeness (QED) is 0.927. The molecule has 21 heavy (non-hydrogen) atoms. The number of carbonyl (C=O) groups is 1. The van der Waals surface area contributed by atoms with Gasteiger partial charge in [-0.2, -0.15) is 0 Å². The third-order valence-electron chi connectivity index (χ3n) is 3.08. The standard InChI is InChI=1S/C17H18FNO2/c1-11-4-7-14(8-5-11)21-13(3)17(20)19-16-10-12(2)6-9-15(16)18/h4-10,13H,1-3H3,(H,19,20). The van der Waals surface area contributed by atoms with Crippen LogP contribution in [0.15, 0.2) is 42.5 Å². The number of amides is 1. The smallest absolute Gasteiger partial charge is 0.265 e. The minimum Gasteiger partial charge on any atom is -0.481 e. The van der Waals surface area contributed by atoms with Crippen LogP contribution in [0.25, 0.3) is 0 Å². The predicted octanol–water partition coefficient (Wildman–Crippen LogP) is 3.85. The molecule has 0 saturated carbocycles. The number of anilines is 1. The van der Waals surface area contributed by atoms with Gasteiger partial charge in [0.2, 0.25) is 0 Å². The van der Waals surface area contributed by atoms with Gasteiger partial charge in [0, 0.05) is 0 Å². The highest BCUT2D eigenvalue weighted by Crippen LogP contribution is 2.17. The molecule has 0 heterocycles. The molecule has 0 aliphatic rings. The second kappa shape index (κ2) is 6.39. The van der Waals surface area contributed by atoms with Crippen molar-refractivity contribution in [3.05, 3.63) is 59.4 Å². The molecule has 110 valence electrons. The molecule has 0 radical (unpaired) electrons. The lowest BCUT2D eigenvalue weighted by Crippen LogP contribution is -2.30. The summed E-state index contributed by atoms with van der Waals surface area (Å²) in [5, 5.41) is 2.54. The Bertz CT molecular complexity index is 638. The summed E-state index contributed by atoms with van der Waals surface area (Å²) >= 11 is 0. The maximum atomic E-state index is 13.6. The Balaban J connectivity index is 2.02. The SMILES string of the molecule is Cc1ccc(OC(C)C(=O)Nc2cc(C)ccc2F)cc1. The molecule has 1 atom stereocenters. The molecule has 0 fully saturated rings. The van der Waals surface area contributed by atoms with Crippen LogP contribution in [0.4, 0.5) is 10.1 Å². The molecule has 0 aromatic heterocycles. The predicted molar refractivity (Wildman–Crippen MR) is 81.0 cm³/mol. The summed E-state index contributed by atoms with van der Waals surface area (Å²) in [6.45, 7) is 5.44. The van der Waals surface area contributed by atoms with Crippen LogP contribution in [0.5, 0.6) is 5.75 Å². The van der Waals surface area contributed by atoms with Crippen molar-refractivity contribution in [3.8, 4) is 5.75 Å². The van der Waals surface area contributed by atoms with Crippen LogP contribution in [-0.2, 0) is 4.79 Å². The molecule has 0 spiro atoms. The van der Waals surface area contributed by atoms with E-state index in [0.717, 1.165) is 11.1 Å². The second-order valence-electron chi connectivity index (χ2n) is 5.05. The molecule has 2 aromatic rings. The van der Waals surface area contributed by atoms with Crippen molar-refractivity contribution >= 4 is 11.6 Å². The van der Waals surface area contributed by atoms with Crippen molar-refractivity contribution in [1.29, 1.82) is 0 Å². The van der Waals surface area contributed by atoms with Gasteiger partial charge in [-0.25, -0.2) is 4.39 Å². The zero-order valence-electron chi connectivity index (χ0n) is 12.3. The molecule has 2 rings (SSSR count). The fourth-order valence-electron chi connectivity index (χ4n) is 1.84. The van der Waals surface area contributed by atoms with E-state index in [1.54, 1.807) is 31.2 Å². The van der Waals surface area contributed by atoms with Crippen molar-refractivity contribution in [1.82, 2.24) is 0 Å². The van der Waals surface area contributed by atoms with Crippen molar-refractivity contribution in [2.45, 2.75) is 26.9 Å². The van der Waals surface area contributed by atoms with Crippen LogP contribution >= 0.6 is 0 Å². The van der Waals surface area contributed by atoms with E-state index in [1.165, 1.54) is 6.07 Å². The number of hydrogen-bond donors (Lipinski definition) is 1. The van der Waals surface area contributed by atoms with Crippen molar-refractivity contribution in [2.75, 3.05) is 5.32 Å². The van der Waals surface area contributed by atoms with E-state index >= 15 is 0 Å². The molecule has 0 aliphatic carbocycles. The minimum atomic E-state index is -0.715. The van der Waals surface area contributed by atoms with Gasteiger partial charge < -0.3 is 10.1 Å². The van der Waals surface area contributed by atoms with Gasteiger partial charge in [-0.1, -0.05) is 23.8 Å². The zero-order valence-corrected chi connectivity index (χ0v) is 12.3. The van der Waals surface area contributed by atoms with E-state index in [-0.39, 0.29) is 11.6 Å². The number of rotatable bonds is 4. The summed E-state index contributed by atoms with van der Waals surface area (Å²) in [6, 6.07) is 12.0. The summed E-state index contributed by atoms with van der Waals surface area (Å²) < 4.78 is 19.1. The molecule has 4 heteroatoms. The monoisotopic (exact) mass is 287 g/mol. The van der Waals surface area contributed by atoms with E-state index in [9.17, 15) is 9.18 Å². The molecule has 3 nitrogen and oxygen atoms in total. The number of carbonyl (C=O) groups excluding carboxylic acids is 1. The Morgan fingerprint density at radius 3 is 2.38 bits per heavy atom. The maximum Gasteiger partial charge on any atom is 0.265 e. The van der Waals surface area contributed by atoms with Crippen molar-refractivity contribution < 1.29 is 13.9 Å². The highest BCUT2D eigenvalue weighted by molar-refractivity contribution is 5.94. The van der Waals surface area contributed by atoms with Gasteiger partial charge in [0.25, 0.3) is 5.91 Å². The topological polar surface area (TPSA) is 38.3 Å². The molecule has 2 aromatic carbocycles. The molecular formula is C17H18FNO2. The Morgan fingerprint density at radius 2 is 1.71 bits per heavy atom. The third kappa shape index (κ3) is 4.05. The first-order valence-electron chi connectivity index (χ1n) is 6.76. The maximum absolute atomic E-state index is 13.6. The normalized spacial score (nSPS) is 11.8. The summed E-state index contributed by atoms with van der Waals surface area (Å²) in [7, 11) is 0. The minimum absolute atomic E-state index is 0.166. The second-order valence-corrected chi connectivity index (χ2v) is 5.05. The van der Waals surface area contributed by atoms with Crippen LogP contribution in [0, 0.1) is 19.7 Å². The van der Waals surface area contributed by atoms with Gasteiger partial charge in [0.05, 0.1) is 5.69 Å². The number of nitrogens with one attached hydrogen (secondary N) is 1. The largest absolute Gasteiger partial charge is 0.481 e. The van der Waals surface area contributed by atoms with E-state index in [1.807, 2.05) is 26.0 Å². The van der Waals surface area contributed by atoms with Crippen LogP contribution in [-0.4, -0.2) is 12.0 Å². The Labute approximate surface area is 123 Å². The number of benzene rings is 2. The number of hydrogen-bond acceptors (Lipinski definition) is 2. The Morgan fingerprint density at radius 1 is 1.10 bits per heavy atom. The van der Waals surface area contributed by atoms with Gasteiger partial charge in [0.15, 0.2) is 6.10 Å². The van der Waals surface area contributed by atoms with Crippen molar-refractivity contribution in [2.24, 2.45) is 0 Å². The Hall–Kier alpha value is -2.36. The van der Waals surface area contributed by atoms with E-state index < -0.39 is 11.9 Å². The summed E-state index contributed by atoms with van der Waals surface area (Å²) in [4.78, 5) is 12.0. The lowest BCUT2D eigenvalue weighted by Gasteiger charge is -2.15. The van der Waals surface area contributed by atoms with Gasteiger partial charge in [-0.15, -0.1) is 0 Å². The molecule has 1 N–H and O–H groups in total. The highest BCUT2D eigenvalue weighted by atomic mass is 19.1. The van der Waals surface area contributed by atoms with Crippen molar-refractivity contribution in [3.63, 3.8) is 0 Å². The summed E-state index contributed by atoms with van der Waals surface area (Å²) in [6.07, 6.45) is -0.715.